The molecular formula is C21H24BF3N2O2S. The van der Waals surface area contributed by atoms with Gasteiger partial charge in [-0.25, -0.2) is 0 Å². The molecule has 160 valence electrons. The highest BCUT2D eigenvalue weighted by Crippen LogP contribution is 2.36. The fraction of sp³-hybridized carbons (Fsp3) is 0.429. The highest BCUT2D eigenvalue weighted by atomic mass is 32.1. The summed E-state index contributed by atoms with van der Waals surface area (Å²) in [5, 5.41) is 4.82. The topological polar surface area (TPSA) is 49.4 Å². The highest BCUT2D eigenvalue weighted by Gasteiger charge is 2.36. The molecule has 1 unspecified atom stereocenters. The van der Waals surface area contributed by atoms with E-state index in [1.165, 1.54) is 28.4 Å². The molecule has 1 heterocycles. The minimum Gasteiger partial charge on any atom is -0.351 e. The molecule has 1 N–H and O–H groups in total. The van der Waals surface area contributed by atoms with Crippen molar-refractivity contribution >= 4 is 36.7 Å². The summed E-state index contributed by atoms with van der Waals surface area (Å²) in [5.41, 5.74) is -0.791. The molecule has 4 nitrogen and oxygen atoms in total. The number of carbonyl (C=O) groups is 2. The van der Waals surface area contributed by atoms with Crippen LogP contribution in [0.15, 0.2) is 41.8 Å². The lowest BCUT2D eigenvalue weighted by molar-refractivity contribution is -0.137. The molecule has 1 aliphatic carbocycles. The smallest absolute Gasteiger partial charge is 0.351 e. The molecule has 2 amide bonds. The van der Waals surface area contributed by atoms with Crippen molar-refractivity contribution < 1.29 is 22.8 Å². The highest BCUT2D eigenvalue weighted by molar-refractivity contribution is 7.10. The number of hydrogen-bond acceptors (Lipinski definition) is 3. The summed E-state index contributed by atoms with van der Waals surface area (Å²) in [7, 11) is 1.63. The Morgan fingerprint density at radius 1 is 1.17 bits per heavy atom. The Kier molecular flexibility index (Phi) is 7.23. The van der Waals surface area contributed by atoms with E-state index in [1.807, 2.05) is 0 Å². The summed E-state index contributed by atoms with van der Waals surface area (Å²) in [5.74, 6) is -0.768. The van der Waals surface area contributed by atoms with Gasteiger partial charge >= 0.3 is 6.18 Å². The number of anilines is 1. The van der Waals surface area contributed by atoms with Crippen LogP contribution in [0.4, 0.5) is 18.9 Å². The monoisotopic (exact) mass is 436 g/mol. The average molecular weight is 436 g/mol. The lowest BCUT2D eigenvalue weighted by Crippen LogP contribution is -2.47. The summed E-state index contributed by atoms with van der Waals surface area (Å²) in [6, 6.07) is 7.11. The second kappa shape index (κ2) is 9.68. The predicted octanol–water partition coefficient (Wildman–Crippen LogP) is 4.34. The van der Waals surface area contributed by atoms with E-state index in [0.717, 1.165) is 44.2 Å². The molecule has 0 bridgehead atoms. The Balaban J connectivity index is 2.00. The molecule has 0 saturated heterocycles. The van der Waals surface area contributed by atoms with Gasteiger partial charge in [-0.05, 0) is 48.8 Å². The van der Waals surface area contributed by atoms with Crippen LogP contribution in [-0.2, 0) is 15.8 Å². The zero-order valence-electron chi connectivity index (χ0n) is 16.7. The second-order valence-corrected chi connectivity index (χ2v) is 8.41. The van der Waals surface area contributed by atoms with Crippen LogP contribution in [0, 0.1) is 0 Å². The zero-order valence-corrected chi connectivity index (χ0v) is 17.6. The van der Waals surface area contributed by atoms with Crippen molar-refractivity contribution in [1.82, 2.24) is 5.32 Å². The van der Waals surface area contributed by atoms with Crippen molar-refractivity contribution in [3.05, 3.63) is 52.2 Å². The van der Waals surface area contributed by atoms with Crippen LogP contribution < -0.4 is 10.2 Å². The van der Waals surface area contributed by atoms with Crippen LogP contribution in [0.2, 0.25) is 6.32 Å². The van der Waals surface area contributed by atoms with Crippen molar-refractivity contribution in [2.75, 3.05) is 4.90 Å². The van der Waals surface area contributed by atoms with Gasteiger partial charge in [-0.2, -0.15) is 13.2 Å². The molecule has 3 rings (SSSR count). The first kappa shape index (κ1) is 22.4. The number of nitrogens with one attached hydrogen (secondary N) is 1. The molecule has 0 aliphatic heterocycles. The van der Waals surface area contributed by atoms with E-state index in [9.17, 15) is 22.8 Å². The van der Waals surface area contributed by atoms with Gasteiger partial charge in [-0.15, -0.1) is 11.3 Å². The normalized spacial score (nSPS) is 16.1. The van der Waals surface area contributed by atoms with E-state index in [4.69, 9.17) is 0 Å². The molecule has 1 fully saturated rings. The summed E-state index contributed by atoms with van der Waals surface area (Å²) < 4.78 is 39.8. The summed E-state index contributed by atoms with van der Waals surface area (Å²) >= 11 is 1.31. The van der Waals surface area contributed by atoms with Crippen LogP contribution in [0.1, 0.15) is 48.6 Å². The molecule has 0 radical (unpaired) electrons. The average Bonchev–Trinajstić information content (AvgIpc) is 3.25. The number of halogens is 3. The Hall–Kier alpha value is -2.29. The van der Waals surface area contributed by atoms with Crippen LogP contribution in [0.3, 0.4) is 0 Å². The van der Waals surface area contributed by atoms with Gasteiger partial charge in [-0.1, -0.05) is 31.4 Å². The minimum atomic E-state index is -4.54. The van der Waals surface area contributed by atoms with Gasteiger partial charge in [0.05, 0.1) is 5.56 Å². The maximum atomic E-state index is 13.3. The third-order valence-corrected chi connectivity index (χ3v) is 6.22. The summed E-state index contributed by atoms with van der Waals surface area (Å²) in [6.07, 6.45) is 0.446. The van der Waals surface area contributed by atoms with Crippen molar-refractivity contribution in [3.63, 3.8) is 0 Å². The van der Waals surface area contributed by atoms with Gasteiger partial charge < -0.3 is 5.32 Å². The quantitative estimate of drug-likeness (QED) is 0.685. The van der Waals surface area contributed by atoms with E-state index in [0.29, 0.717) is 4.88 Å². The van der Waals surface area contributed by atoms with E-state index in [2.05, 4.69) is 5.32 Å². The van der Waals surface area contributed by atoms with E-state index < -0.39 is 23.7 Å². The first-order valence-corrected chi connectivity index (χ1v) is 11.0. The summed E-state index contributed by atoms with van der Waals surface area (Å²) in [6.45, 7) is 0. The van der Waals surface area contributed by atoms with Crippen LogP contribution in [-0.4, -0.2) is 25.7 Å². The van der Waals surface area contributed by atoms with E-state index in [-0.39, 0.29) is 24.0 Å². The standard InChI is InChI=1S/C21H24BF3N2O2S/c22-13-18(28)27(16-9-4-6-14(12-16)21(23,24)25)19(17-10-5-11-30-17)20(29)26-15-7-2-1-3-8-15/h4-6,9-12,15,19H,1-3,7-8,13,22H2,(H,26,29). The van der Waals surface area contributed by atoms with Crippen molar-refractivity contribution in [3.8, 4) is 0 Å². The predicted molar refractivity (Wildman–Crippen MR) is 114 cm³/mol. The molecule has 1 saturated carbocycles. The first-order valence-electron chi connectivity index (χ1n) is 10.1. The minimum absolute atomic E-state index is 0.0220. The first-order chi connectivity index (χ1) is 14.3. The fourth-order valence-electron chi connectivity index (χ4n) is 3.79. The molecule has 1 atom stereocenters. The van der Waals surface area contributed by atoms with Crippen molar-refractivity contribution in [2.45, 2.75) is 56.7 Å². The number of nitrogens with zero attached hydrogens (tertiary/aromatic N) is 1. The van der Waals surface area contributed by atoms with Gasteiger partial charge in [0.2, 0.25) is 11.8 Å². The number of alkyl halides is 3. The number of hydrogen-bond donors (Lipinski definition) is 1. The molecule has 1 aromatic heterocycles. The molecule has 0 spiro atoms. The van der Waals surface area contributed by atoms with E-state index in [1.54, 1.807) is 25.4 Å². The fourth-order valence-corrected chi connectivity index (χ4v) is 4.60. The molecular weight excluding hydrogens is 412 g/mol. The van der Waals surface area contributed by atoms with Crippen LogP contribution in [0.5, 0.6) is 0 Å². The summed E-state index contributed by atoms with van der Waals surface area (Å²) in [4.78, 5) is 28.0. The second-order valence-electron chi connectivity index (χ2n) is 7.43. The Morgan fingerprint density at radius 2 is 1.90 bits per heavy atom. The Labute approximate surface area is 178 Å². The van der Waals surface area contributed by atoms with Crippen molar-refractivity contribution in [2.24, 2.45) is 0 Å². The maximum absolute atomic E-state index is 13.3. The lowest BCUT2D eigenvalue weighted by atomic mass is 9.95. The van der Waals surface area contributed by atoms with Gasteiger partial charge in [0.1, 0.15) is 13.9 Å². The number of thiophene rings is 1. The molecule has 30 heavy (non-hydrogen) atoms. The molecule has 1 aromatic carbocycles. The van der Waals surface area contributed by atoms with Crippen molar-refractivity contribution in [1.29, 1.82) is 0 Å². The lowest BCUT2D eigenvalue weighted by Gasteiger charge is -2.33. The van der Waals surface area contributed by atoms with Gasteiger partial charge in [-0.3, -0.25) is 14.5 Å². The van der Waals surface area contributed by atoms with Gasteiger partial charge in [0.25, 0.3) is 0 Å². The molecule has 2 aromatic rings. The maximum Gasteiger partial charge on any atom is 0.416 e. The van der Waals surface area contributed by atoms with Gasteiger partial charge in [0, 0.05) is 16.6 Å². The Bertz CT molecular complexity index is 867. The zero-order chi connectivity index (χ0) is 21.7. The number of rotatable bonds is 6. The SMILES string of the molecule is BCC(=O)N(c1cccc(C(F)(F)F)c1)C(C(=O)NC1CCCCC1)c1cccs1. The van der Waals surface area contributed by atoms with Crippen LogP contribution >= 0.6 is 11.3 Å². The molecule has 9 heteroatoms. The Morgan fingerprint density at radius 3 is 2.50 bits per heavy atom. The van der Waals surface area contributed by atoms with Crippen LogP contribution in [0.25, 0.3) is 0 Å². The van der Waals surface area contributed by atoms with E-state index >= 15 is 0 Å². The number of carbonyl (C=O) groups excluding carboxylic acids is 2. The third kappa shape index (κ3) is 5.25. The molecule has 1 aliphatic rings. The largest absolute Gasteiger partial charge is 0.416 e. The third-order valence-electron chi connectivity index (χ3n) is 5.29. The van der Waals surface area contributed by atoms with Gasteiger partial charge in [0.15, 0.2) is 0 Å². The number of amides is 2. The number of benzene rings is 1.